The van der Waals surface area contributed by atoms with Gasteiger partial charge in [0.05, 0.1) is 0 Å². The Bertz CT molecular complexity index is 1570. The summed E-state index contributed by atoms with van der Waals surface area (Å²) in [5.41, 5.74) is 2.83. The van der Waals surface area contributed by atoms with Crippen LogP contribution in [0.5, 0.6) is 0 Å². The van der Waals surface area contributed by atoms with Gasteiger partial charge in [-0.2, -0.15) is 0 Å². The number of fused-ring (bicyclic) bond motifs is 3. The molecule has 2 heterocycles. The molecule has 152 valence electrons. The molecular formula is C27H16ClN3S. The molecule has 0 aliphatic carbocycles. The molecule has 0 bridgehead atoms. The first-order valence-electron chi connectivity index (χ1n) is 10.2. The molecule has 0 radical (unpaired) electrons. The van der Waals surface area contributed by atoms with E-state index in [4.69, 9.17) is 26.6 Å². The van der Waals surface area contributed by atoms with Crippen molar-refractivity contribution in [3.05, 3.63) is 102 Å². The fourth-order valence-corrected chi connectivity index (χ4v) is 5.09. The second-order valence-electron chi connectivity index (χ2n) is 7.49. The molecule has 3 nitrogen and oxygen atoms in total. The third-order valence-electron chi connectivity index (χ3n) is 5.41. The van der Waals surface area contributed by atoms with Crippen molar-refractivity contribution < 1.29 is 0 Å². The Morgan fingerprint density at radius 2 is 1.06 bits per heavy atom. The molecular weight excluding hydrogens is 434 g/mol. The Balaban J connectivity index is 1.55. The number of rotatable bonds is 3. The van der Waals surface area contributed by atoms with E-state index in [1.165, 1.54) is 20.2 Å². The summed E-state index contributed by atoms with van der Waals surface area (Å²) in [7, 11) is 0. The molecule has 4 aromatic carbocycles. The van der Waals surface area contributed by atoms with E-state index < -0.39 is 0 Å². The van der Waals surface area contributed by atoms with Gasteiger partial charge in [0.1, 0.15) is 0 Å². The highest BCUT2D eigenvalue weighted by Crippen LogP contribution is 2.36. The molecule has 0 aliphatic rings. The maximum absolute atomic E-state index is 6.09. The first-order chi connectivity index (χ1) is 15.7. The third kappa shape index (κ3) is 3.44. The van der Waals surface area contributed by atoms with Crippen LogP contribution in [0.3, 0.4) is 0 Å². The molecule has 6 rings (SSSR count). The maximum atomic E-state index is 6.09. The predicted molar refractivity (Wildman–Crippen MR) is 134 cm³/mol. The highest BCUT2D eigenvalue weighted by Gasteiger charge is 2.13. The van der Waals surface area contributed by atoms with Crippen LogP contribution in [0, 0.1) is 0 Å². The van der Waals surface area contributed by atoms with E-state index in [2.05, 4.69) is 42.5 Å². The van der Waals surface area contributed by atoms with Gasteiger partial charge < -0.3 is 0 Å². The number of hydrogen-bond donors (Lipinski definition) is 0. The van der Waals surface area contributed by atoms with Gasteiger partial charge in [0.25, 0.3) is 0 Å². The fraction of sp³-hybridized carbons (Fsp3) is 0. The lowest BCUT2D eigenvalue weighted by Gasteiger charge is -2.08. The third-order valence-corrected chi connectivity index (χ3v) is 6.79. The first-order valence-corrected chi connectivity index (χ1v) is 11.4. The zero-order chi connectivity index (χ0) is 21.5. The van der Waals surface area contributed by atoms with Gasteiger partial charge in [0.2, 0.25) is 0 Å². The van der Waals surface area contributed by atoms with Gasteiger partial charge in [-0.3, -0.25) is 0 Å². The van der Waals surface area contributed by atoms with E-state index in [1.807, 2.05) is 54.6 Å². The zero-order valence-corrected chi connectivity index (χ0v) is 18.4. The number of nitrogens with zero attached hydrogens (tertiary/aromatic N) is 3. The van der Waals surface area contributed by atoms with Crippen LogP contribution in [-0.4, -0.2) is 15.0 Å². The average molecular weight is 450 g/mol. The lowest BCUT2D eigenvalue weighted by atomic mass is 10.1. The molecule has 6 aromatic rings. The van der Waals surface area contributed by atoms with E-state index in [1.54, 1.807) is 11.3 Å². The SMILES string of the molecule is Clc1ccc(-c2nc(-c3ccccc3)nc(-c3ccc4c(c3)sc3ccccc34)n2)cc1. The Morgan fingerprint density at radius 1 is 0.500 bits per heavy atom. The monoisotopic (exact) mass is 449 g/mol. The van der Waals surface area contributed by atoms with E-state index in [-0.39, 0.29) is 0 Å². The smallest absolute Gasteiger partial charge is 0.164 e. The summed E-state index contributed by atoms with van der Waals surface area (Å²) in [5, 5.41) is 3.22. The van der Waals surface area contributed by atoms with Gasteiger partial charge in [-0.15, -0.1) is 11.3 Å². The topological polar surface area (TPSA) is 38.7 Å². The van der Waals surface area contributed by atoms with Crippen molar-refractivity contribution >= 4 is 43.1 Å². The van der Waals surface area contributed by atoms with Crippen LogP contribution in [0.2, 0.25) is 5.02 Å². The molecule has 0 saturated heterocycles. The standard InChI is InChI=1S/C27H16ClN3S/c28-20-13-10-18(11-14-20)26-29-25(17-6-2-1-3-7-17)30-27(31-26)19-12-15-22-21-8-4-5-9-23(21)32-24(22)16-19/h1-16H. The summed E-state index contributed by atoms with van der Waals surface area (Å²) in [6.45, 7) is 0. The summed E-state index contributed by atoms with van der Waals surface area (Å²) in [6, 6.07) is 32.5. The molecule has 0 aliphatic heterocycles. The highest BCUT2D eigenvalue weighted by molar-refractivity contribution is 7.25. The van der Waals surface area contributed by atoms with Crippen LogP contribution in [0.25, 0.3) is 54.3 Å². The zero-order valence-electron chi connectivity index (χ0n) is 16.9. The van der Waals surface area contributed by atoms with Crippen LogP contribution in [0.15, 0.2) is 97.1 Å². The lowest BCUT2D eigenvalue weighted by Crippen LogP contribution is -2.00. The van der Waals surface area contributed by atoms with Crippen LogP contribution in [-0.2, 0) is 0 Å². The number of benzene rings is 4. The fourth-order valence-electron chi connectivity index (χ4n) is 3.81. The molecule has 2 aromatic heterocycles. The normalized spacial score (nSPS) is 11.3. The van der Waals surface area contributed by atoms with Crippen LogP contribution >= 0.6 is 22.9 Å². The average Bonchev–Trinajstić information content (AvgIpc) is 3.23. The number of thiophene rings is 1. The minimum absolute atomic E-state index is 0.627. The summed E-state index contributed by atoms with van der Waals surface area (Å²) in [5.74, 6) is 1.93. The molecule has 0 fully saturated rings. The van der Waals surface area contributed by atoms with Gasteiger partial charge >= 0.3 is 0 Å². The van der Waals surface area contributed by atoms with Crippen molar-refractivity contribution in [3.8, 4) is 34.2 Å². The van der Waals surface area contributed by atoms with Crippen molar-refractivity contribution in [2.45, 2.75) is 0 Å². The Morgan fingerprint density at radius 3 is 1.81 bits per heavy atom. The molecule has 5 heteroatoms. The van der Waals surface area contributed by atoms with Crippen LogP contribution in [0.4, 0.5) is 0 Å². The van der Waals surface area contributed by atoms with Gasteiger partial charge in [-0.05, 0) is 36.4 Å². The number of aromatic nitrogens is 3. The predicted octanol–water partition coefficient (Wildman–Crippen LogP) is 7.89. The molecule has 0 unspecified atom stereocenters. The van der Waals surface area contributed by atoms with Crippen molar-refractivity contribution in [1.82, 2.24) is 15.0 Å². The number of hydrogen-bond acceptors (Lipinski definition) is 4. The number of halogens is 1. The van der Waals surface area contributed by atoms with Crippen LogP contribution < -0.4 is 0 Å². The summed E-state index contributed by atoms with van der Waals surface area (Å²) >= 11 is 7.88. The van der Waals surface area contributed by atoms with Gasteiger partial charge in [0, 0.05) is 41.9 Å². The van der Waals surface area contributed by atoms with Gasteiger partial charge in [-0.1, -0.05) is 72.3 Å². The van der Waals surface area contributed by atoms with E-state index in [0.29, 0.717) is 22.5 Å². The first kappa shape index (κ1) is 19.1. The molecule has 0 atom stereocenters. The Labute approximate surface area is 194 Å². The quantitative estimate of drug-likeness (QED) is 0.275. The van der Waals surface area contributed by atoms with Crippen molar-refractivity contribution in [2.24, 2.45) is 0 Å². The summed E-state index contributed by atoms with van der Waals surface area (Å²) in [4.78, 5) is 14.4. The second kappa shape index (κ2) is 7.83. The van der Waals surface area contributed by atoms with Crippen LogP contribution in [0.1, 0.15) is 0 Å². The second-order valence-corrected chi connectivity index (χ2v) is 9.01. The highest BCUT2D eigenvalue weighted by atomic mass is 35.5. The van der Waals surface area contributed by atoms with Gasteiger partial charge in [-0.25, -0.2) is 15.0 Å². The largest absolute Gasteiger partial charge is 0.208 e. The van der Waals surface area contributed by atoms with E-state index in [0.717, 1.165) is 16.7 Å². The Kier molecular flexibility index (Phi) is 4.67. The van der Waals surface area contributed by atoms with E-state index in [9.17, 15) is 0 Å². The van der Waals surface area contributed by atoms with Crippen molar-refractivity contribution in [1.29, 1.82) is 0 Å². The summed E-state index contributed by atoms with van der Waals surface area (Å²) < 4.78 is 2.50. The molecule has 32 heavy (non-hydrogen) atoms. The van der Waals surface area contributed by atoms with Gasteiger partial charge in [0.15, 0.2) is 17.5 Å². The molecule has 0 N–H and O–H groups in total. The Hall–Kier alpha value is -3.60. The minimum atomic E-state index is 0.627. The summed E-state index contributed by atoms with van der Waals surface area (Å²) in [6.07, 6.45) is 0. The molecule has 0 saturated carbocycles. The molecule has 0 amide bonds. The minimum Gasteiger partial charge on any atom is -0.208 e. The van der Waals surface area contributed by atoms with E-state index >= 15 is 0 Å². The molecule has 0 spiro atoms. The lowest BCUT2D eigenvalue weighted by molar-refractivity contribution is 1.07. The van der Waals surface area contributed by atoms with Crippen molar-refractivity contribution in [3.63, 3.8) is 0 Å². The maximum Gasteiger partial charge on any atom is 0.164 e. The van der Waals surface area contributed by atoms with Crippen molar-refractivity contribution in [2.75, 3.05) is 0 Å².